The Labute approximate surface area is 132 Å². The van der Waals surface area contributed by atoms with Gasteiger partial charge in [0.1, 0.15) is 10.0 Å². The van der Waals surface area contributed by atoms with Gasteiger partial charge >= 0.3 is 0 Å². The summed E-state index contributed by atoms with van der Waals surface area (Å²) in [5.74, 6) is 0.962. The minimum atomic E-state index is 0.428. The molecule has 0 saturated carbocycles. The van der Waals surface area contributed by atoms with E-state index in [1.807, 2.05) is 12.1 Å². The largest absolute Gasteiger partial charge is 0.411 e. The number of thioether (sulfide) groups is 1. The van der Waals surface area contributed by atoms with Gasteiger partial charge in [0.05, 0.1) is 0 Å². The molecule has 0 saturated heterocycles. The van der Waals surface area contributed by atoms with Gasteiger partial charge in [-0.1, -0.05) is 45.5 Å². The maximum atomic E-state index is 5.92. The minimum absolute atomic E-state index is 0.428. The van der Waals surface area contributed by atoms with Crippen molar-refractivity contribution in [2.24, 2.45) is 0 Å². The first-order chi connectivity index (χ1) is 9.72. The Hall–Kier alpha value is -1.15. The number of aromatic nitrogens is 4. The van der Waals surface area contributed by atoms with Crippen molar-refractivity contribution in [3.05, 3.63) is 39.3 Å². The summed E-state index contributed by atoms with van der Waals surface area (Å²) in [5, 5.41) is 12.9. The third-order valence-electron chi connectivity index (χ3n) is 2.32. The Balaban J connectivity index is 1.72. The molecule has 2 aromatic heterocycles. The van der Waals surface area contributed by atoms with Crippen molar-refractivity contribution < 1.29 is 4.42 Å². The molecule has 0 N–H and O–H groups in total. The fraction of sp³-hybridized carbons (Fsp3) is 0.0909. The van der Waals surface area contributed by atoms with Gasteiger partial charge in [0, 0.05) is 27.9 Å². The van der Waals surface area contributed by atoms with Gasteiger partial charge in [-0.15, -0.1) is 15.3 Å². The lowest BCUT2D eigenvalue weighted by Crippen LogP contribution is -1.82. The molecule has 0 aliphatic heterocycles. The molecule has 5 nitrogen and oxygen atoms in total. The van der Waals surface area contributed by atoms with Gasteiger partial charge in [-0.25, -0.2) is 0 Å². The van der Waals surface area contributed by atoms with Crippen LogP contribution in [0.5, 0.6) is 0 Å². The molecule has 0 atom stereocenters. The summed E-state index contributed by atoms with van der Waals surface area (Å²) in [6.45, 7) is 0. The smallest absolute Gasteiger partial charge is 0.277 e. The molecule has 0 spiro atoms. The third-order valence-corrected chi connectivity index (χ3v) is 4.37. The first kappa shape index (κ1) is 13.8. The second-order valence-corrected chi connectivity index (χ2v) is 6.38. The van der Waals surface area contributed by atoms with E-state index in [1.54, 1.807) is 12.1 Å². The maximum absolute atomic E-state index is 5.92. The fourth-order valence-corrected chi connectivity index (χ4v) is 3.11. The quantitative estimate of drug-likeness (QED) is 0.661. The van der Waals surface area contributed by atoms with Crippen molar-refractivity contribution in [3.8, 4) is 11.5 Å². The molecule has 3 rings (SSSR count). The van der Waals surface area contributed by atoms with E-state index in [1.165, 1.54) is 11.8 Å². The molecule has 3 aromatic rings. The molecule has 0 unspecified atom stereocenters. The van der Waals surface area contributed by atoms with E-state index in [0.29, 0.717) is 31.9 Å². The second-order valence-electron chi connectivity index (χ2n) is 3.67. The molecule has 20 heavy (non-hydrogen) atoms. The van der Waals surface area contributed by atoms with Gasteiger partial charge in [0.15, 0.2) is 0 Å². The lowest BCUT2D eigenvalue weighted by molar-refractivity contribution is 0.466. The van der Waals surface area contributed by atoms with Crippen molar-refractivity contribution in [1.29, 1.82) is 0 Å². The Morgan fingerprint density at radius 3 is 2.85 bits per heavy atom. The van der Waals surface area contributed by atoms with Gasteiger partial charge in [-0.3, -0.25) is 0 Å². The van der Waals surface area contributed by atoms with Crippen molar-refractivity contribution in [1.82, 2.24) is 19.8 Å². The number of rotatable bonds is 4. The predicted molar refractivity (Wildman–Crippen MR) is 79.2 cm³/mol. The van der Waals surface area contributed by atoms with Crippen molar-refractivity contribution in [2.45, 2.75) is 11.0 Å². The zero-order valence-corrected chi connectivity index (χ0v) is 12.9. The number of hydrogen-bond acceptors (Lipinski definition) is 7. The molecule has 9 heteroatoms. The SMILES string of the molecule is Clc1cccc(-c2nnc(SCc3nnsc3Cl)o2)c1. The molecule has 0 fully saturated rings. The zero-order valence-electron chi connectivity index (χ0n) is 9.79. The summed E-state index contributed by atoms with van der Waals surface area (Å²) in [6.07, 6.45) is 0. The molecular weight excluding hydrogens is 339 g/mol. The van der Waals surface area contributed by atoms with E-state index in [-0.39, 0.29) is 0 Å². The highest BCUT2D eigenvalue weighted by atomic mass is 35.5. The highest BCUT2D eigenvalue weighted by Crippen LogP contribution is 2.29. The van der Waals surface area contributed by atoms with Crippen LogP contribution in [0.25, 0.3) is 11.5 Å². The topological polar surface area (TPSA) is 64.7 Å². The minimum Gasteiger partial charge on any atom is -0.411 e. The molecule has 102 valence electrons. The summed E-state index contributed by atoms with van der Waals surface area (Å²) in [4.78, 5) is 0. The van der Waals surface area contributed by atoms with Gasteiger partial charge in [0.25, 0.3) is 5.22 Å². The normalized spacial score (nSPS) is 10.9. The van der Waals surface area contributed by atoms with Crippen LogP contribution in [0.1, 0.15) is 5.69 Å². The van der Waals surface area contributed by atoms with Crippen LogP contribution < -0.4 is 0 Å². The molecule has 0 radical (unpaired) electrons. The van der Waals surface area contributed by atoms with Gasteiger partial charge < -0.3 is 4.42 Å². The van der Waals surface area contributed by atoms with Crippen LogP contribution in [0, 0.1) is 0 Å². The summed E-state index contributed by atoms with van der Waals surface area (Å²) >= 11 is 14.4. The summed E-state index contributed by atoms with van der Waals surface area (Å²) in [6, 6.07) is 7.24. The first-order valence-corrected chi connectivity index (χ1v) is 7.93. The Kier molecular flexibility index (Phi) is 4.21. The number of halogens is 2. The average molecular weight is 345 g/mol. The Bertz CT molecular complexity index is 731. The molecule has 1 aromatic carbocycles. The molecular formula is C11H6Cl2N4OS2. The van der Waals surface area contributed by atoms with E-state index in [4.69, 9.17) is 27.6 Å². The van der Waals surface area contributed by atoms with Crippen molar-refractivity contribution in [2.75, 3.05) is 0 Å². The first-order valence-electron chi connectivity index (χ1n) is 5.41. The van der Waals surface area contributed by atoms with Crippen LogP contribution in [-0.4, -0.2) is 19.8 Å². The number of nitrogens with zero attached hydrogens (tertiary/aromatic N) is 4. The van der Waals surface area contributed by atoms with Crippen molar-refractivity contribution in [3.63, 3.8) is 0 Å². The average Bonchev–Trinajstić information content (AvgIpc) is 3.05. The number of hydrogen-bond donors (Lipinski definition) is 0. The van der Waals surface area contributed by atoms with Crippen LogP contribution in [0.2, 0.25) is 9.36 Å². The lowest BCUT2D eigenvalue weighted by Gasteiger charge is -1.95. The van der Waals surface area contributed by atoms with Gasteiger partial charge in [-0.05, 0) is 18.2 Å². The van der Waals surface area contributed by atoms with Crippen LogP contribution in [0.3, 0.4) is 0 Å². The molecule has 2 heterocycles. The second kappa shape index (κ2) is 6.09. The third kappa shape index (κ3) is 3.12. The van der Waals surface area contributed by atoms with Crippen LogP contribution in [0.4, 0.5) is 0 Å². The van der Waals surface area contributed by atoms with Crippen molar-refractivity contribution >= 4 is 46.5 Å². The fourth-order valence-electron chi connectivity index (χ4n) is 1.42. The molecule has 0 aliphatic rings. The predicted octanol–water partition coefficient (Wildman–Crippen LogP) is 4.19. The molecule has 0 bridgehead atoms. The Morgan fingerprint density at radius 2 is 2.10 bits per heavy atom. The van der Waals surface area contributed by atoms with Gasteiger partial charge in [0.2, 0.25) is 5.89 Å². The van der Waals surface area contributed by atoms with E-state index >= 15 is 0 Å². The monoisotopic (exact) mass is 344 g/mol. The highest BCUT2D eigenvalue weighted by molar-refractivity contribution is 7.98. The summed E-state index contributed by atoms with van der Waals surface area (Å²) in [5.41, 5.74) is 1.49. The van der Waals surface area contributed by atoms with Gasteiger partial charge in [-0.2, -0.15) is 0 Å². The molecule has 0 aliphatic carbocycles. The van der Waals surface area contributed by atoms with E-state index in [0.717, 1.165) is 17.1 Å². The zero-order chi connectivity index (χ0) is 13.9. The Morgan fingerprint density at radius 1 is 1.20 bits per heavy atom. The lowest BCUT2D eigenvalue weighted by atomic mass is 10.2. The van der Waals surface area contributed by atoms with E-state index < -0.39 is 0 Å². The maximum Gasteiger partial charge on any atom is 0.277 e. The summed E-state index contributed by atoms with van der Waals surface area (Å²) < 4.78 is 9.89. The van der Waals surface area contributed by atoms with E-state index in [2.05, 4.69) is 19.8 Å². The molecule has 0 amide bonds. The van der Waals surface area contributed by atoms with Crippen LogP contribution >= 0.6 is 46.5 Å². The number of benzene rings is 1. The highest BCUT2D eigenvalue weighted by Gasteiger charge is 2.12. The summed E-state index contributed by atoms with van der Waals surface area (Å²) in [7, 11) is 0. The van der Waals surface area contributed by atoms with Crippen LogP contribution in [-0.2, 0) is 5.75 Å². The van der Waals surface area contributed by atoms with E-state index in [9.17, 15) is 0 Å². The van der Waals surface area contributed by atoms with Crippen LogP contribution in [0.15, 0.2) is 33.9 Å². The standard InChI is InChI=1S/C11H6Cl2N4OS2/c12-7-3-1-2-6(4-7)10-15-16-11(18-10)19-5-8-9(13)20-17-14-8/h1-4H,5H2.